The fourth-order valence-electron chi connectivity index (χ4n) is 2.04. The molecule has 4 heteroatoms. The first-order chi connectivity index (χ1) is 9.63. The van der Waals surface area contributed by atoms with E-state index in [-0.39, 0.29) is 11.7 Å². The molecule has 0 aromatic heterocycles. The number of aromatic hydroxyl groups is 1. The largest absolute Gasteiger partial charge is 0.507 e. The average Bonchev–Trinajstić information content (AvgIpc) is 2.42. The van der Waals surface area contributed by atoms with Crippen molar-refractivity contribution in [2.24, 2.45) is 0 Å². The van der Waals surface area contributed by atoms with Crippen LogP contribution in [-0.2, 0) is 11.2 Å². The first-order valence-electron chi connectivity index (χ1n) is 7.37. The molecule has 0 heterocycles. The second-order valence-electron chi connectivity index (χ2n) is 5.08. The SMILES string of the molecule is CCCCCCCCNC(=O)Cc1ccc(O)c(Br)c1. The lowest BCUT2D eigenvalue weighted by atomic mass is 10.1. The molecule has 1 rings (SSSR count). The molecule has 0 spiro atoms. The second-order valence-corrected chi connectivity index (χ2v) is 5.93. The number of hydrogen-bond donors (Lipinski definition) is 2. The molecule has 112 valence electrons. The summed E-state index contributed by atoms with van der Waals surface area (Å²) in [4.78, 5) is 11.8. The van der Waals surface area contributed by atoms with Gasteiger partial charge in [-0.15, -0.1) is 0 Å². The standard InChI is InChI=1S/C16H24BrNO2/c1-2-3-4-5-6-7-10-18-16(20)12-13-8-9-15(19)14(17)11-13/h8-9,11,19H,2-7,10,12H2,1H3,(H,18,20). The Balaban J connectivity index is 2.15. The molecule has 0 radical (unpaired) electrons. The van der Waals surface area contributed by atoms with Gasteiger partial charge < -0.3 is 10.4 Å². The number of hydrogen-bond acceptors (Lipinski definition) is 2. The maximum absolute atomic E-state index is 11.8. The van der Waals surface area contributed by atoms with Gasteiger partial charge in [-0.2, -0.15) is 0 Å². The molecule has 0 aliphatic heterocycles. The van der Waals surface area contributed by atoms with Gasteiger partial charge in [0.05, 0.1) is 10.9 Å². The van der Waals surface area contributed by atoms with Crippen molar-refractivity contribution in [2.75, 3.05) is 6.54 Å². The highest BCUT2D eigenvalue weighted by atomic mass is 79.9. The zero-order chi connectivity index (χ0) is 14.8. The van der Waals surface area contributed by atoms with Gasteiger partial charge in [0.1, 0.15) is 5.75 Å². The van der Waals surface area contributed by atoms with Crippen LogP contribution in [0.5, 0.6) is 5.75 Å². The highest BCUT2D eigenvalue weighted by Crippen LogP contribution is 2.24. The van der Waals surface area contributed by atoms with Crippen LogP contribution in [0.3, 0.4) is 0 Å². The predicted octanol–water partition coefficient (Wildman–Crippen LogP) is 4.17. The second kappa shape index (κ2) is 9.81. The van der Waals surface area contributed by atoms with E-state index in [0.29, 0.717) is 10.9 Å². The maximum atomic E-state index is 11.8. The van der Waals surface area contributed by atoms with Gasteiger partial charge in [0, 0.05) is 6.54 Å². The van der Waals surface area contributed by atoms with Crippen LogP contribution in [0.15, 0.2) is 22.7 Å². The highest BCUT2D eigenvalue weighted by molar-refractivity contribution is 9.10. The number of phenolic OH excluding ortho intramolecular Hbond substituents is 1. The van der Waals surface area contributed by atoms with Gasteiger partial charge in [0.2, 0.25) is 5.91 Å². The third-order valence-corrected chi connectivity index (χ3v) is 3.86. The van der Waals surface area contributed by atoms with E-state index in [9.17, 15) is 9.90 Å². The summed E-state index contributed by atoms with van der Waals surface area (Å²) >= 11 is 3.25. The fourth-order valence-corrected chi connectivity index (χ4v) is 2.47. The third-order valence-electron chi connectivity index (χ3n) is 3.23. The molecular weight excluding hydrogens is 318 g/mol. The van der Waals surface area contributed by atoms with Crippen LogP contribution in [0.4, 0.5) is 0 Å². The zero-order valence-corrected chi connectivity index (χ0v) is 13.7. The Morgan fingerprint density at radius 3 is 2.60 bits per heavy atom. The Kier molecular flexibility index (Phi) is 8.35. The van der Waals surface area contributed by atoms with Crippen molar-refractivity contribution in [2.45, 2.75) is 51.9 Å². The number of rotatable bonds is 9. The van der Waals surface area contributed by atoms with E-state index in [1.54, 1.807) is 18.2 Å². The van der Waals surface area contributed by atoms with E-state index < -0.39 is 0 Å². The third kappa shape index (κ3) is 6.94. The van der Waals surface area contributed by atoms with E-state index in [1.807, 2.05) is 0 Å². The Morgan fingerprint density at radius 2 is 1.90 bits per heavy atom. The summed E-state index contributed by atoms with van der Waals surface area (Å²) in [6, 6.07) is 5.14. The Morgan fingerprint density at radius 1 is 1.20 bits per heavy atom. The summed E-state index contributed by atoms with van der Waals surface area (Å²) in [6.45, 7) is 2.96. The molecule has 0 atom stereocenters. The first-order valence-corrected chi connectivity index (χ1v) is 8.17. The quantitative estimate of drug-likeness (QED) is 0.662. The highest BCUT2D eigenvalue weighted by Gasteiger charge is 2.05. The number of unbranched alkanes of at least 4 members (excludes halogenated alkanes) is 5. The number of halogens is 1. The minimum atomic E-state index is 0.0381. The first kappa shape index (κ1) is 17.0. The van der Waals surface area contributed by atoms with Crippen molar-refractivity contribution in [1.29, 1.82) is 0 Å². The van der Waals surface area contributed by atoms with Crippen molar-refractivity contribution in [3.05, 3.63) is 28.2 Å². The van der Waals surface area contributed by atoms with E-state index in [4.69, 9.17) is 0 Å². The number of nitrogens with one attached hydrogen (secondary N) is 1. The number of carbonyl (C=O) groups is 1. The van der Waals surface area contributed by atoms with Crippen LogP contribution in [0, 0.1) is 0 Å². The van der Waals surface area contributed by atoms with E-state index >= 15 is 0 Å². The molecule has 0 unspecified atom stereocenters. The van der Waals surface area contributed by atoms with Gasteiger partial charge in [0.15, 0.2) is 0 Å². The monoisotopic (exact) mass is 341 g/mol. The molecule has 0 bridgehead atoms. The molecule has 0 fully saturated rings. The average molecular weight is 342 g/mol. The van der Waals surface area contributed by atoms with Gasteiger partial charge in [0.25, 0.3) is 0 Å². The van der Waals surface area contributed by atoms with E-state index in [1.165, 1.54) is 32.1 Å². The molecule has 0 aliphatic rings. The molecule has 1 amide bonds. The van der Waals surface area contributed by atoms with Crippen molar-refractivity contribution in [3.63, 3.8) is 0 Å². The summed E-state index contributed by atoms with van der Waals surface area (Å²) in [5.74, 6) is 0.234. The Bertz CT molecular complexity index is 421. The van der Waals surface area contributed by atoms with Gasteiger partial charge in [-0.1, -0.05) is 45.1 Å². The maximum Gasteiger partial charge on any atom is 0.224 e. The predicted molar refractivity (Wildman–Crippen MR) is 85.9 cm³/mol. The summed E-state index contributed by atoms with van der Waals surface area (Å²) < 4.78 is 0.624. The minimum Gasteiger partial charge on any atom is -0.507 e. The van der Waals surface area contributed by atoms with E-state index in [0.717, 1.165) is 18.5 Å². The summed E-state index contributed by atoms with van der Waals surface area (Å²) in [6.07, 6.45) is 7.72. The number of carbonyl (C=O) groups excluding carboxylic acids is 1. The van der Waals surface area contributed by atoms with Crippen molar-refractivity contribution in [1.82, 2.24) is 5.32 Å². The Hall–Kier alpha value is -1.03. The number of benzene rings is 1. The van der Waals surface area contributed by atoms with Crippen LogP contribution in [0.1, 0.15) is 51.0 Å². The normalized spacial score (nSPS) is 10.5. The lowest BCUT2D eigenvalue weighted by Crippen LogP contribution is -2.26. The molecule has 3 nitrogen and oxygen atoms in total. The Labute approximate surface area is 129 Å². The molecule has 1 aromatic rings. The zero-order valence-electron chi connectivity index (χ0n) is 12.1. The lowest BCUT2D eigenvalue weighted by molar-refractivity contribution is -0.120. The smallest absolute Gasteiger partial charge is 0.224 e. The van der Waals surface area contributed by atoms with Gasteiger partial charge in [-0.3, -0.25) is 4.79 Å². The fraction of sp³-hybridized carbons (Fsp3) is 0.562. The van der Waals surface area contributed by atoms with Gasteiger partial charge in [-0.25, -0.2) is 0 Å². The van der Waals surface area contributed by atoms with Crippen molar-refractivity contribution < 1.29 is 9.90 Å². The lowest BCUT2D eigenvalue weighted by Gasteiger charge is -2.06. The van der Waals surface area contributed by atoms with E-state index in [2.05, 4.69) is 28.2 Å². The van der Waals surface area contributed by atoms with Crippen LogP contribution in [0.2, 0.25) is 0 Å². The molecule has 0 aliphatic carbocycles. The summed E-state index contributed by atoms with van der Waals surface area (Å²) in [5.41, 5.74) is 0.898. The molecule has 2 N–H and O–H groups in total. The van der Waals surface area contributed by atoms with Crippen LogP contribution >= 0.6 is 15.9 Å². The minimum absolute atomic E-state index is 0.0381. The van der Waals surface area contributed by atoms with Gasteiger partial charge >= 0.3 is 0 Å². The molecule has 1 aromatic carbocycles. The molecular formula is C16H24BrNO2. The summed E-state index contributed by atoms with van der Waals surface area (Å²) in [7, 11) is 0. The van der Waals surface area contributed by atoms with Crippen molar-refractivity contribution in [3.8, 4) is 5.75 Å². The van der Waals surface area contributed by atoms with Crippen molar-refractivity contribution >= 4 is 21.8 Å². The number of phenols is 1. The molecule has 0 saturated carbocycles. The molecule has 20 heavy (non-hydrogen) atoms. The number of amides is 1. The van der Waals surface area contributed by atoms with Crippen LogP contribution in [-0.4, -0.2) is 17.6 Å². The summed E-state index contributed by atoms with van der Waals surface area (Å²) in [5, 5.41) is 12.3. The van der Waals surface area contributed by atoms with Crippen LogP contribution in [0.25, 0.3) is 0 Å². The topological polar surface area (TPSA) is 49.3 Å². The molecule has 0 saturated heterocycles. The van der Waals surface area contributed by atoms with Gasteiger partial charge in [-0.05, 0) is 40.0 Å². The van der Waals surface area contributed by atoms with Crippen LogP contribution < -0.4 is 5.32 Å².